The minimum Gasteiger partial charge on any atom is -0.378 e. The molecule has 30 heavy (non-hydrogen) atoms. The highest BCUT2D eigenvalue weighted by molar-refractivity contribution is 7.84. The Labute approximate surface area is 180 Å². The van der Waals surface area contributed by atoms with Crippen LogP contribution in [0, 0.1) is 0 Å². The third kappa shape index (κ3) is 4.96. The second-order valence-electron chi connectivity index (χ2n) is 8.68. The number of morpholine rings is 1. The summed E-state index contributed by atoms with van der Waals surface area (Å²) in [5.74, 6) is 0.671. The summed E-state index contributed by atoms with van der Waals surface area (Å²) in [6, 6.07) is 3.32. The minimum absolute atomic E-state index is 0.110. The molecule has 2 atom stereocenters. The van der Waals surface area contributed by atoms with Crippen LogP contribution in [0.4, 0.5) is 5.82 Å². The van der Waals surface area contributed by atoms with Crippen molar-refractivity contribution in [2.75, 3.05) is 45.3 Å². The van der Waals surface area contributed by atoms with Crippen LogP contribution in [-0.2, 0) is 15.7 Å². The molecule has 0 aliphatic carbocycles. The molecule has 2 heterocycles. The maximum atomic E-state index is 12.7. The number of nitrogens with zero attached hydrogens (tertiary/aromatic N) is 4. The van der Waals surface area contributed by atoms with Gasteiger partial charge in [0.15, 0.2) is 0 Å². The molecule has 1 fully saturated rings. The molecule has 0 spiro atoms. The van der Waals surface area contributed by atoms with Crippen molar-refractivity contribution in [2.45, 2.75) is 38.5 Å². The SMILES string of the molecule is CC(N[S@@](=O)C(C)(C)C)c1cc(C(=O)N(C)C)cc2ncc(N3CCOCC3)nc12. The summed E-state index contributed by atoms with van der Waals surface area (Å²) in [6.07, 6.45) is 1.74. The average Bonchev–Trinajstić information content (AvgIpc) is 2.71. The number of anilines is 1. The molecule has 1 aliphatic rings. The Balaban J connectivity index is 2.08. The maximum Gasteiger partial charge on any atom is 0.253 e. The number of nitrogens with one attached hydrogen (secondary N) is 1. The van der Waals surface area contributed by atoms with Crippen LogP contribution in [0.3, 0.4) is 0 Å². The Bertz CT molecular complexity index is 952. The van der Waals surface area contributed by atoms with Crippen molar-refractivity contribution in [1.29, 1.82) is 0 Å². The molecule has 0 saturated carbocycles. The summed E-state index contributed by atoms with van der Waals surface area (Å²) in [5, 5.41) is 0. The lowest BCUT2D eigenvalue weighted by Gasteiger charge is -2.28. The summed E-state index contributed by atoms with van der Waals surface area (Å²) in [7, 11) is 2.17. The zero-order chi connectivity index (χ0) is 22.1. The summed E-state index contributed by atoms with van der Waals surface area (Å²) in [6.45, 7) is 10.5. The molecule has 0 bridgehead atoms. The first-order valence-corrected chi connectivity index (χ1v) is 11.3. The highest BCUT2D eigenvalue weighted by Crippen LogP contribution is 2.27. The largest absolute Gasteiger partial charge is 0.378 e. The quantitative estimate of drug-likeness (QED) is 0.778. The van der Waals surface area contributed by atoms with E-state index >= 15 is 0 Å². The zero-order valence-corrected chi connectivity index (χ0v) is 19.4. The van der Waals surface area contributed by atoms with Crippen molar-refractivity contribution >= 4 is 33.7 Å². The number of hydrogen-bond acceptors (Lipinski definition) is 6. The van der Waals surface area contributed by atoms with Gasteiger partial charge in [-0.3, -0.25) is 9.78 Å². The van der Waals surface area contributed by atoms with Crippen LogP contribution in [0.5, 0.6) is 0 Å². The van der Waals surface area contributed by atoms with E-state index in [-0.39, 0.29) is 11.9 Å². The Morgan fingerprint density at radius 1 is 1.27 bits per heavy atom. The van der Waals surface area contributed by atoms with Gasteiger partial charge in [-0.2, -0.15) is 0 Å². The fourth-order valence-corrected chi connectivity index (χ4v) is 3.99. The molecule has 1 N–H and O–H groups in total. The molecule has 3 rings (SSSR count). The van der Waals surface area contributed by atoms with E-state index in [4.69, 9.17) is 9.72 Å². The second kappa shape index (κ2) is 8.95. The Morgan fingerprint density at radius 2 is 1.93 bits per heavy atom. The first kappa shape index (κ1) is 22.6. The molecule has 1 saturated heterocycles. The van der Waals surface area contributed by atoms with E-state index in [9.17, 15) is 9.00 Å². The third-order valence-corrected chi connectivity index (χ3v) is 6.64. The van der Waals surface area contributed by atoms with Crippen LogP contribution in [0.25, 0.3) is 11.0 Å². The molecule has 9 heteroatoms. The summed E-state index contributed by atoms with van der Waals surface area (Å²) >= 11 is 0. The molecular weight excluding hydrogens is 402 g/mol. The van der Waals surface area contributed by atoms with Crippen molar-refractivity contribution in [1.82, 2.24) is 19.6 Å². The molecular formula is C21H31N5O3S. The Morgan fingerprint density at radius 3 is 2.53 bits per heavy atom. The van der Waals surface area contributed by atoms with E-state index in [0.717, 1.165) is 24.5 Å². The van der Waals surface area contributed by atoms with Gasteiger partial charge >= 0.3 is 0 Å². The Hall–Kier alpha value is -2.10. The fourth-order valence-electron chi connectivity index (χ4n) is 3.19. The topological polar surface area (TPSA) is 87.7 Å². The lowest BCUT2D eigenvalue weighted by atomic mass is 10.0. The highest BCUT2D eigenvalue weighted by atomic mass is 32.2. The second-order valence-corrected chi connectivity index (χ2v) is 10.7. The van der Waals surface area contributed by atoms with Crippen molar-refractivity contribution in [3.8, 4) is 0 Å². The van der Waals surface area contributed by atoms with Gasteiger partial charge in [-0.15, -0.1) is 0 Å². The van der Waals surface area contributed by atoms with Crippen molar-refractivity contribution in [3.05, 3.63) is 29.5 Å². The monoisotopic (exact) mass is 433 g/mol. The van der Waals surface area contributed by atoms with Crippen LogP contribution < -0.4 is 9.62 Å². The van der Waals surface area contributed by atoms with Crippen LogP contribution in [0.2, 0.25) is 0 Å². The van der Waals surface area contributed by atoms with E-state index in [2.05, 4.69) is 14.6 Å². The first-order chi connectivity index (χ1) is 14.1. The number of carbonyl (C=O) groups is 1. The number of aromatic nitrogens is 2. The van der Waals surface area contributed by atoms with E-state index in [0.29, 0.717) is 29.8 Å². The molecule has 2 aromatic rings. The average molecular weight is 434 g/mol. The number of amides is 1. The summed E-state index contributed by atoms with van der Waals surface area (Å²) < 4.78 is 20.9. The predicted molar refractivity (Wildman–Crippen MR) is 120 cm³/mol. The van der Waals surface area contributed by atoms with E-state index in [1.165, 1.54) is 4.90 Å². The van der Waals surface area contributed by atoms with Gasteiger partial charge in [0.1, 0.15) is 5.82 Å². The number of carbonyl (C=O) groups excluding carboxylic acids is 1. The van der Waals surface area contributed by atoms with Gasteiger partial charge in [0.25, 0.3) is 5.91 Å². The number of fused-ring (bicyclic) bond motifs is 1. The molecule has 8 nitrogen and oxygen atoms in total. The molecule has 1 aromatic carbocycles. The van der Waals surface area contributed by atoms with Gasteiger partial charge in [0, 0.05) is 38.8 Å². The highest BCUT2D eigenvalue weighted by Gasteiger charge is 2.25. The van der Waals surface area contributed by atoms with Crippen molar-refractivity contribution in [2.24, 2.45) is 0 Å². The zero-order valence-electron chi connectivity index (χ0n) is 18.6. The van der Waals surface area contributed by atoms with Crippen LogP contribution in [-0.4, -0.2) is 70.1 Å². The van der Waals surface area contributed by atoms with Gasteiger partial charge in [-0.1, -0.05) is 0 Å². The van der Waals surface area contributed by atoms with Crippen molar-refractivity contribution in [3.63, 3.8) is 0 Å². The van der Waals surface area contributed by atoms with Crippen molar-refractivity contribution < 1.29 is 13.7 Å². The first-order valence-electron chi connectivity index (χ1n) is 10.1. The van der Waals surface area contributed by atoms with E-state index in [1.54, 1.807) is 26.4 Å². The fraction of sp³-hybridized carbons (Fsp3) is 0.571. The number of hydrogen-bond donors (Lipinski definition) is 1. The molecule has 1 amide bonds. The smallest absolute Gasteiger partial charge is 0.253 e. The maximum absolute atomic E-state index is 12.7. The third-order valence-electron chi connectivity index (χ3n) is 4.96. The lowest BCUT2D eigenvalue weighted by molar-refractivity contribution is 0.0827. The molecule has 1 aliphatic heterocycles. The Kier molecular flexibility index (Phi) is 6.74. The summed E-state index contributed by atoms with van der Waals surface area (Å²) in [4.78, 5) is 25.8. The molecule has 1 aromatic heterocycles. The van der Waals surface area contributed by atoms with Crippen LogP contribution >= 0.6 is 0 Å². The van der Waals surface area contributed by atoms with Gasteiger partial charge in [-0.05, 0) is 45.4 Å². The number of rotatable bonds is 5. The van der Waals surface area contributed by atoms with Gasteiger partial charge in [0.05, 0.1) is 46.2 Å². The van der Waals surface area contributed by atoms with E-state index < -0.39 is 15.7 Å². The number of ether oxygens (including phenoxy) is 1. The van der Waals surface area contributed by atoms with Gasteiger partial charge in [-0.25, -0.2) is 13.9 Å². The standard InChI is InChI=1S/C21H31N5O3S/c1-14(24-30(28)21(2,3)4)16-11-15(20(27)25(5)6)12-17-19(16)23-18(13-22-17)26-7-9-29-10-8-26/h11-14,24H,7-10H2,1-6H3/t14?,30-/m0/s1. The van der Waals surface area contributed by atoms with Crippen LogP contribution in [0.15, 0.2) is 18.3 Å². The molecule has 0 radical (unpaired) electrons. The molecule has 164 valence electrons. The van der Waals surface area contributed by atoms with Crippen LogP contribution in [0.1, 0.15) is 49.7 Å². The normalized spacial score (nSPS) is 17.1. The summed E-state index contributed by atoms with van der Waals surface area (Å²) in [5.41, 5.74) is 2.69. The minimum atomic E-state index is -1.27. The number of benzene rings is 1. The molecule has 1 unspecified atom stereocenters. The predicted octanol–water partition coefficient (Wildman–Crippen LogP) is 2.28. The lowest BCUT2D eigenvalue weighted by Crippen LogP contribution is -2.37. The van der Waals surface area contributed by atoms with Gasteiger partial charge in [0.2, 0.25) is 0 Å². The van der Waals surface area contributed by atoms with E-state index in [1.807, 2.05) is 33.8 Å². The van der Waals surface area contributed by atoms with Gasteiger partial charge < -0.3 is 14.5 Å².